The lowest BCUT2D eigenvalue weighted by Gasteiger charge is -2.13. The minimum atomic E-state index is -4.33. The van der Waals surface area contributed by atoms with Gasteiger partial charge in [0.15, 0.2) is 0 Å². The van der Waals surface area contributed by atoms with Crippen LogP contribution >= 0.6 is 12.4 Å². The fraction of sp³-hybridized carbons (Fsp3) is 0.455. The second kappa shape index (κ2) is 6.83. The van der Waals surface area contributed by atoms with Crippen molar-refractivity contribution in [2.75, 3.05) is 6.54 Å². The second-order valence-corrected chi connectivity index (χ2v) is 3.63. The van der Waals surface area contributed by atoms with E-state index in [-0.39, 0.29) is 31.1 Å². The number of benzene rings is 1. The average Bonchev–Trinajstić information content (AvgIpc) is 2.16. The molecule has 0 heterocycles. The molecule has 0 spiro atoms. The highest BCUT2D eigenvalue weighted by molar-refractivity contribution is 5.85. The Morgan fingerprint density at radius 1 is 1.29 bits per heavy atom. The van der Waals surface area contributed by atoms with Crippen LogP contribution in [0.2, 0.25) is 0 Å². The third-order valence-electron chi connectivity index (χ3n) is 2.08. The predicted molar refractivity (Wildman–Crippen MR) is 62.1 cm³/mol. The van der Waals surface area contributed by atoms with Crippen LogP contribution in [0.1, 0.15) is 18.1 Å². The highest BCUT2D eigenvalue weighted by Crippen LogP contribution is 2.31. The van der Waals surface area contributed by atoms with Gasteiger partial charge in [0.2, 0.25) is 0 Å². The van der Waals surface area contributed by atoms with Crippen LogP contribution in [-0.4, -0.2) is 17.8 Å². The normalized spacial score (nSPS) is 13.0. The lowest BCUT2D eigenvalue weighted by Crippen LogP contribution is -2.25. The Morgan fingerprint density at radius 3 is 2.41 bits per heavy atom. The van der Waals surface area contributed by atoms with Crippen molar-refractivity contribution in [3.8, 4) is 0 Å². The van der Waals surface area contributed by atoms with Gasteiger partial charge >= 0.3 is 6.18 Å². The number of nitrogens with one attached hydrogen (secondary N) is 1. The SMILES string of the molecule is CC(O)CNCc1ccccc1C(F)(F)F.Cl. The van der Waals surface area contributed by atoms with E-state index in [4.69, 9.17) is 5.11 Å². The molecule has 1 rings (SSSR count). The molecule has 0 aliphatic rings. The first kappa shape index (κ1) is 16.2. The lowest BCUT2D eigenvalue weighted by atomic mass is 10.1. The number of rotatable bonds is 4. The Balaban J connectivity index is 0.00000256. The van der Waals surface area contributed by atoms with E-state index in [1.54, 1.807) is 13.0 Å². The topological polar surface area (TPSA) is 32.3 Å². The van der Waals surface area contributed by atoms with Crippen LogP contribution in [-0.2, 0) is 12.7 Å². The number of hydrogen-bond acceptors (Lipinski definition) is 2. The summed E-state index contributed by atoms with van der Waals surface area (Å²) in [5.74, 6) is 0. The standard InChI is InChI=1S/C11H14F3NO.ClH/c1-8(16)6-15-7-9-4-2-3-5-10(9)11(12,13)14;/h2-5,8,15-16H,6-7H2,1H3;1H. The van der Waals surface area contributed by atoms with Crippen LogP contribution in [0.5, 0.6) is 0 Å². The summed E-state index contributed by atoms with van der Waals surface area (Å²) in [5.41, 5.74) is -0.441. The molecule has 0 bridgehead atoms. The molecule has 2 N–H and O–H groups in total. The zero-order valence-corrected chi connectivity index (χ0v) is 10.1. The Morgan fingerprint density at radius 2 is 1.88 bits per heavy atom. The molecule has 0 fully saturated rings. The van der Waals surface area contributed by atoms with Gasteiger partial charge in [-0.15, -0.1) is 12.4 Å². The maximum Gasteiger partial charge on any atom is 0.416 e. The van der Waals surface area contributed by atoms with E-state index >= 15 is 0 Å². The van der Waals surface area contributed by atoms with E-state index in [1.165, 1.54) is 12.1 Å². The van der Waals surface area contributed by atoms with Crippen LogP contribution in [0.25, 0.3) is 0 Å². The third kappa shape index (κ3) is 5.39. The van der Waals surface area contributed by atoms with E-state index in [2.05, 4.69) is 5.32 Å². The van der Waals surface area contributed by atoms with Crippen molar-refractivity contribution in [1.82, 2.24) is 5.32 Å². The van der Waals surface area contributed by atoms with Gasteiger partial charge in [0.25, 0.3) is 0 Å². The summed E-state index contributed by atoms with van der Waals surface area (Å²) in [6.07, 6.45) is -4.90. The maximum absolute atomic E-state index is 12.6. The van der Waals surface area contributed by atoms with Crippen LogP contribution in [0.4, 0.5) is 13.2 Å². The van der Waals surface area contributed by atoms with Gasteiger partial charge in [0.1, 0.15) is 0 Å². The van der Waals surface area contributed by atoms with E-state index in [9.17, 15) is 13.2 Å². The molecule has 0 saturated heterocycles. The van der Waals surface area contributed by atoms with Gasteiger partial charge < -0.3 is 10.4 Å². The van der Waals surface area contributed by atoms with E-state index in [1.807, 2.05) is 0 Å². The quantitative estimate of drug-likeness (QED) is 0.881. The molecule has 1 aromatic carbocycles. The molecule has 0 saturated carbocycles. The molecule has 0 aliphatic heterocycles. The first-order valence-electron chi connectivity index (χ1n) is 4.95. The fourth-order valence-corrected chi connectivity index (χ4v) is 1.37. The average molecular weight is 270 g/mol. The van der Waals surface area contributed by atoms with Crippen LogP contribution < -0.4 is 5.32 Å². The van der Waals surface area contributed by atoms with E-state index in [0.717, 1.165) is 6.07 Å². The van der Waals surface area contributed by atoms with Gasteiger partial charge in [-0.2, -0.15) is 13.2 Å². The van der Waals surface area contributed by atoms with Gasteiger partial charge in [-0.25, -0.2) is 0 Å². The Bertz CT molecular complexity index is 342. The van der Waals surface area contributed by atoms with Crippen molar-refractivity contribution in [3.63, 3.8) is 0 Å². The second-order valence-electron chi connectivity index (χ2n) is 3.63. The smallest absolute Gasteiger partial charge is 0.392 e. The Labute approximate surface area is 104 Å². The molecule has 17 heavy (non-hydrogen) atoms. The zero-order valence-electron chi connectivity index (χ0n) is 9.29. The summed E-state index contributed by atoms with van der Waals surface area (Å²) in [6, 6.07) is 5.41. The van der Waals surface area contributed by atoms with Crippen LogP contribution in [0.3, 0.4) is 0 Å². The molecule has 1 aromatic rings. The first-order valence-corrected chi connectivity index (χ1v) is 4.95. The van der Waals surface area contributed by atoms with E-state index < -0.39 is 17.8 Å². The minimum Gasteiger partial charge on any atom is -0.392 e. The van der Waals surface area contributed by atoms with Gasteiger partial charge in [0, 0.05) is 13.1 Å². The minimum absolute atomic E-state index is 0. The number of hydrogen-bond donors (Lipinski definition) is 2. The van der Waals surface area contributed by atoms with Gasteiger partial charge in [-0.1, -0.05) is 18.2 Å². The molecule has 2 nitrogen and oxygen atoms in total. The summed E-state index contributed by atoms with van der Waals surface area (Å²) in [7, 11) is 0. The molecule has 1 unspecified atom stereocenters. The first-order chi connectivity index (χ1) is 7.41. The van der Waals surface area contributed by atoms with Gasteiger partial charge in [-0.3, -0.25) is 0 Å². The van der Waals surface area contributed by atoms with Gasteiger partial charge in [0.05, 0.1) is 11.7 Å². The lowest BCUT2D eigenvalue weighted by molar-refractivity contribution is -0.138. The van der Waals surface area contributed by atoms with Gasteiger partial charge in [-0.05, 0) is 18.6 Å². The van der Waals surface area contributed by atoms with Crippen molar-refractivity contribution < 1.29 is 18.3 Å². The highest BCUT2D eigenvalue weighted by atomic mass is 35.5. The molecule has 0 aliphatic carbocycles. The van der Waals surface area contributed by atoms with Crippen molar-refractivity contribution in [2.45, 2.75) is 25.7 Å². The van der Waals surface area contributed by atoms with Crippen molar-refractivity contribution in [3.05, 3.63) is 35.4 Å². The predicted octanol–water partition coefficient (Wildman–Crippen LogP) is 2.60. The Kier molecular flexibility index (Phi) is 6.52. The summed E-state index contributed by atoms with van der Waals surface area (Å²) < 4.78 is 37.7. The molecular formula is C11H15ClF3NO. The molecule has 1 atom stereocenters. The summed E-state index contributed by atoms with van der Waals surface area (Å²) in [4.78, 5) is 0. The van der Waals surface area contributed by atoms with Crippen LogP contribution in [0, 0.1) is 0 Å². The largest absolute Gasteiger partial charge is 0.416 e. The molecule has 0 aromatic heterocycles. The van der Waals surface area contributed by atoms with Crippen molar-refractivity contribution >= 4 is 12.4 Å². The number of halogens is 4. The number of alkyl halides is 3. The monoisotopic (exact) mass is 269 g/mol. The maximum atomic E-state index is 12.6. The summed E-state index contributed by atoms with van der Waals surface area (Å²) in [6.45, 7) is 1.94. The van der Waals surface area contributed by atoms with Crippen LogP contribution in [0.15, 0.2) is 24.3 Å². The fourth-order valence-electron chi connectivity index (χ4n) is 1.37. The molecule has 0 amide bonds. The molecule has 6 heteroatoms. The van der Waals surface area contributed by atoms with E-state index in [0.29, 0.717) is 0 Å². The number of aliphatic hydroxyl groups is 1. The van der Waals surface area contributed by atoms with Crippen molar-refractivity contribution in [2.24, 2.45) is 0 Å². The Hall–Kier alpha value is -0.780. The van der Waals surface area contributed by atoms with Crippen molar-refractivity contribution in [1.29, 1.82) is 0 Å². The zero-order chi connectivity index (χ0) is 12.2. The third-order valence-corrected chi connectivity index (χ3v) is 2.08. The summed E-state index contributed by atoms with van der Waals surface area (Å²) >= 11 is 0. The summed E-state index contributed by atoms with van der Waals surface area (Å²) in [5, 5.41) is 11.7. The molecule has 98 valence electrons. The molecule has 0 radical (unpaired) electrons. The number of aliphatic hydroxyl groups excluding tert-OH is 1. The highest BCUT2D eigenvalue weighted by Gasteiger charge is 2.32. The molecular weight excluding hydrogens is 255 g/mol.